The van der Waals surface area contributed by atoms with Crippen molar-refractivity contribution in [1.82, 2.24) is 4.90 Å². The molecule has 30 heavy (non-hydrogen) atoms. The van der Waals surface area contributed by atoms with Gasteiger partial charge in [0.2, 0.25) is 5.91 Å². The Morgan fingerprint density at radius 1 is 1.03 bits per heavy atom. The third-order valence-corrected chi connectivity index (χ3v) is 6.16. The van der Waals surface area contributed by atoms with E-state index in [1.807, 2.05) is 41.3 Å². The Balaban J connectivity index is 1.62. The minimum Gasteiger partial charge on any atom is -0.330 e. The number of anilines is 1. The molecule has 2 unspecified atom stereocenters. The second-order valence-electron chi connectivity index (χ2n) is 7.91. The van der Waals surface area contributed by atoms with Crippen molar-refractivity contribution < 1.29 is 14.0 Å². The zero-order valence-electron chi connectivity index (χ0n) is 16.6. The summed E-state index contributed by atoms with van der Waals surface area (Å²) in [6.07, 6.45) is 0.762. The number of halogens is 1. The molecular weight excluding hydrogens is 379 g/mol. The molecule has 3 aromatic rings. The van der Waals surface area contributed by atoms with Gasteiger partial charge in [-0.3, -0.25) is 9.59 Å². The highest BCUT2D eigenvalue weighted by Gasteiger charge is 2.46. The quantitative estimate of drug-likeness (QED) is 0.683. The summed E-state index contributed by atoms with van der Waals surface area (Å²) in [6, 6.07) is 19.6. The number of rotatable bonds is 2. The molecule has 0 aliphatic carbocycles. The Morgan fingerprint density at radius 2 is 1.77 bits per heavy atom. The second kappa shape index (κ2) is 7.10. The Morgan fingerprint density at radius 3 is 2.57 bits per heavy atom. The fraction of sp³-hybridized carbons (Fsp3) is 0.200. The lowest BCUT2D eigenvalue weighted by molar-refractivity contribution is -0.119. The fourth-order valence-corrected chi connectivity index (χ4v) is 4.65. The normalized spacial score (nSPS) is 19.5. The molecule has 0 saturated carbocycles. The van der Waals surface area contributed by atoms with Crippen LogP contribution in [0.2, 0.25) is 0 Å². The number of hydrogen-bond donors (Lipinski definition) is 1. The van der Waals surface area contributed by atoms with Crippen LogP contribution in [0.3, 0.4) is 0 Å². The molecule has 0 radical (unpaired) electrons. The zero-order valence-corrected chi connectivity index (χ0v) is 16.6. The summed E-state index contributed by atoms with van der Waals surface area (Å²) < 4.78 is 14.0. The lowest BCUT2D eigenvalue weighted by Crippen LogP contribution is -2.49. The first kappa shape index (κ1) is 18.6. The lowest BCUT2D eigenvalue weighted by Gasteiger charge is -2.45. The molecular formula is C25H21FN2O2. The van der Waals surface area contributed by atoms with E-state index in [-0.39, 0.29) is 23.7 Å². The molecule has 2 amide bonds. The van der Waals surface area contributed by atoms with Crippen molar-refractivity contribution in [3.05, 3.63) is 100 Å². The smallest absolute Gasteiger partial charge is 0.254 e. The van der Waals surface area contributed by atoms with Crippen molar-refractivity contribution in [2.24, 2.45) is 0 Å². The number of hydrogen-bond acceptors (Lipinski definition) is 2. The molecule has 0 fully saturated rings. The first-order valence-electron chi connectivity index (χ1n) is 10.1. The SMILES string of the molecule is Cc1ccc(NC(=O)C2c3ccccc3C(=O)N3CCc4ccccc4C23)cc1F. The zero-order chi connectivity index (χ0) is 20.8. The van der Waals surface area contributed by atoms with Gasteiger partial charge in [-0.25, -0.2) is 4.39 Å². The Labute approximate surface area is 174 Å². The van der Waals surface area contributed by atoms with E-state index in [0.717, 1.165) is 17.5 Å². The van der Waals surface area contributed by atoms with E-state index in [1.54, 1.807) is 25.1 Å². The number of nitrogens with zero attached hydrogens (tertiary/aromatic N) is 1. The van der Waals surface area contributed by atoms with Crippen LogP contribution in [0, 0.1) is 12.7 Å². The van der Waals surface area contributed by atoms with Crippen molar-refractivity contribution in [3.63, 3.8) is 0 Å². The summed E-state index contributed by atoms with van der Waals surface area (Å²) in [5, 5.41) is 2.88. The van der Waals surface area contributed by atoms with Crippen LogP contribution in [0.25, 0.3) is 0 Å². The molecule has 0 spiro atoms. The van der Waals surface area contributed by atoms with Crippen molar-refractivity contribution in [2.75, 3.05) is 11.9 Å². The fourth-order valence-electron chi connectivity index (χ4n) is 4.65. The molecule has 3 aromatic carbocycles. The van der Waals surface area contributed by atoms with Crippen LogP contribution < -0.4 is 5.32 Å². The number of amides is 2. The van der Waals surface area contributed by atoms with Crippen molar-refractivity contribution >= 4 is 17.5 Å². The number of carbonyl (C=O) groups excluding carboxylic acids is 2. The van der Waals surface area contributed by atoms with Crippen LogP contribution in [-0.2, 0) is 11.2 Å². The average molecular weight is 400 g/mol. The van der Waals surface area contributed by atoms with Gasteiger partial charge in [0.25, 0.3) is 5.91 Å². The van der Waals surface area contributed by atoms with Crippen molar-refractivity contribution in [1.29, 1.82) is 0 Å². The van der Waals surface area contributed by atoms with Gasteiger partial charge in [0.1, 0.15) is 5.82 Å². The number of carbonyl (C=O) groups is 2. The number of aryl methyl sites for hydroxylation is 1. The largest absolute Gasteiger partial charge is 0.330 e. The highest BCUT2D eigenvalue weighted by Crippen LogP contribution is 2.46. The molecule has 150 valence electrons. The van der Waals surface area contributed by atoms with E-state index in [1.165, 1.54) is 6.07 Å². The van der Waals surface area contributed by atoms with E-state index < -0.39 is 5.92 Å². The summed E-state index contributed by atoms with van der Waals surface area (Å²) in [5.41, 5.74) is 4.36. The van der Waals surface area contributed by atoms with E-state index in [4.69, 9.17) is 0 Å². The maximum Gasteiger partial charge on any atom is 0.254 e. The van der Waals surface area contributed by atoms with Gasteiger partial charge in [0, 0.05) is 17.8 Å². The van der Waals surface area contributed by atoms with Gasteiger partial charge >= 0.3 is 0 Å². The van der Waals surface area contributed by atoms with Crippen LogP contribution in [0.4, 0.5) is 10.1 Å². The highest BCUT2D eigenvalue weighted by molar-refractivity contribution is 6.04. The van der Waals surface area contributed by atoms with Gasteiger partial charge < -0.3 is 10.2 Å². The standard InChI is InChI=1S/C25H21FN2O2/c1-15-10-11-17(14-21(15)26)27-24(29)22-19-8-4-5-9-20(19)25(30)28-13-12-16-6-2-3-7-18(16)23(22)28/h2-11,14,22-23H,12-13H2,1H3,(H,27,29). The minimum atomic E-state index is -0.579. The molecule has 2 aliphatic rings. The summed E-state index contributed by atoms with van der Waals surface area (Å²) in [7, 11) is 0. The number of benzene rings is 3. The Kier molecular flexibility index (Phi) is 4.39. The van der Waals surface area contributed by atoms with E-state index in [0.29, 0.717) is 28.9 Å². The van der Waals surface area contributed by atoms with Gasteiger partial charge in [0.05, 0.1) is 12.0 Å². The molecule has 2 atom stereocenters. The molecule has 0 aromatic heterocycles. The monoisotopic (exact) mass is 400 g/mol. The van der Waals surface area contributed by atoms with Crippen LogP contribution >= 0.6 is 0 Å². The Bertz CT molecular complexity index is 1170. The third kappa shape index (κ3) is 2.89. The maximum atomic E-state index is 14.0. The number of nitrogens with one attached hydrogen (secondary N) is 1. The van der Waals surface area contributed by atoms with Gasteiger partial charge in [-0.05, 0) is 53.8 Å². The van der Waals surface area contributed by atoms with Gasteiger partial charge in [-0.2, -0.15) is 0 Å². The lowest BCUT2D eigenvalue weighted by atomic mass is 9.76. The third-order valence-electron chi connectivity index (χ3n) is 6.16. The van der Waals surface area contributed by atoms with Crippen LogP contribution in [-0.4, -0.2) is 23.3 Å². The Hall–Kier alpha value is -3.47. The van der Waals surface area contributed by atoms with Gasteiger partial charge in [0.15, 0.2) is 0 Å². The summed E-state index contributed by atoms with van der Waals surface area (Å²) in [6.45, 7) is 2.25. The molecule has 1 N–H and O–H groups in total. The predicted octanol–water partition coefficient (Wildman–Crippen LogP) is 4.61. The predicted molar refractivity (Wildman–Crippen MR) is 113 cm³/mol. The summed E-state index contributed by atoms with van der Waals surface area (Å²) in [4.78, 5) is 28.6. The molecule has 5 heteroatoms. The number of fused-ring (bicyclic) bond motifs is 4. The van der Waals surface area contributed by atoms with E-state index >= 15 is 0 Å². The first-order valence-corrected chi connectivity index (χ1v) is 10.1. The van der Waals surface area contributed by atoms with E-state index in [2.05, 4.69) is 11.4 Å². The average Bonchev–Trinajstić information content (AvgIpc) is 2.76. The van der Waals surface area contributed by atoms with Crippen molar-refractivity contribution in [3.8, 4) is 0 Å². The molecule has 2 heterocycles. The second-order valence-corrected chi connectivity index (χ2v) is 7.91. The van der Waals surface area contributed by atoms with Crippen LogP contribution in [0.5, 0.6) is 0 Å². The molecule has 0 bridgehead atoms. The summed E-state index contributed by atoms with van der Waals surface area (Å²) in [5.74, 6) is -1.23. The molecule has 4 nitrogen and oxygen atoms in total. The van der Waals surface area contributed by atoms with Crippen LogP contribution in [0.15, 0.2) is 66.7 Å². The van der Waals surface area contributed by atoms with Gasteiger partial charge in [-0.1, -0.05) is 48.5 Å². The van der Waals surface area contributed by atoms with E-state index in [9.17, 15) is 14.0 Å². The molecule has 5 rings (SSSR count). The maximum absolute atomic E-state index is 14.0. The van der Waals surface area contributed by atoms with Crippen LogP contribution in [0.1, 0.15) is 44.6 Å². The minimum absolute atomic E-state index is 0.0458. The first-order chi connectivity index (χ1) is 14.5. The topological polar surface area (TPSA) is 49.4 Å². The molecule has 2 aliphatic heterocycles. The highest BCUT2D eigenvalue weighted by atomic mass is 19.1. The summed E-state index contributed by atoms with van der Waals surface area (Å²) >= 11 is 0. The molecule has 0 saturated heterocycles. The van der Waals surface area contributed by atoms with Gasteiger partial charge in [-0.15, -0.1) is 0 Å². The van der Waals surface area contributed by atoms with Crippen molar-refractivity contribution in [2.45, 2.75) is 25.3 Å².